The van der Waals surface area contributed by atoms with Gasteiger partial charge in [0, 0.05) is 13.8 Å². The normalized spacial score (nSPS) is 17.8. The zero-order chi connectivity index (χ0) is 14.2. The highest BCUT2D eigenvalue weighted by molar-refractivity contribution is 6.18. The third-order valence-corrected chi connectivity index (χ3v) is 2.73. The Balaban J connectivity index is 2.41. The molecule has 1 aromatic carbocycles. The Bertz CT molecular complexity index is 565. The third-order valence-electron chi connectivity index (χ3n) is 2.73. The molecule has 0 saturated carbocycles. The van der Waals surface area contributed by atoms with Gasteiger partial charge in [-0.2, -0.15) is 0 Å². The van der Waals surface area contributed by atoms with Crippen LogP contribution in [0.5, 0.6) is 0 Å². The topological polar surface area (TPSA) is 52.6 Å². The minimum absolute atomic E-state index is 0.243. The second-order valence-corrected chi connectivity index (χ2v) is 4.69. The van der Waals surface area contributed by atoms with E-state index in [2.05, 4.69) is 0 Å². The van der Waals surface area contributed by atoms with Crippen LogP contribution >= 0.6 is 0 Å². The van der Waals surface area contributed by atoms with Crippen LogP contribution in [0.3, 0.4) is 0 Å². The molecule has 0 N–H and O–H groups in total. The maximum absolute atomic E-state index is 13.4. The average Bonchev–Trinajstić information content (AvgIpc) is 2.27. The van der Waals surface area contributed by atoms with Crippen molar-refractivity contribution < 1.29 is 23.5 Å². The molecule has 1 heterocycles. The highest BCUT2D eigenvalue weighted by atomic mass is 19.1. The summed E-state index contributed by atoms with van der Waals surface area (Å²) in [5.41, 5.74) is 0.539. The molecule has 0 unspecified atom stereocenters. The molecule has 1 aliphatic heterocycles. The van der Waals surface area contributed by atoms with E-state index in [4.69, 9.17) is 9.47 Å². The Hall–Kier alpha value is -2.17. The summed E-state index contributed by atoms with van der Waals surface area (Å²) in [5.74, 6) is -3.23. The molecule has 2 rings (SSSR count). The molecule has 1 aromatic rings. The molecule has 1 aliphatic rings. The molecular formula is C14H13FO4. The molecule has 0 aromatic heterocycles. The van der Waals surface area contributed by atoms with Gasteiger partial charge in [0.15, 0.2) is 0 Å². The fourth-order valence-electron chi connectivity index (χ4n) is 1.71. The largest absolute Gasteiger partial charge is 0.419 e. The lowest BCUT2D eigenvalue weighted by Crippen LogP contribution is -2.41. The van der Waals surface area contributed by atoms with Crippen molar-refractivity contribution >= 4 is 18.0 Å². The van der Waals surface area contributed by atoms with Crippen LogP contribution in [0.2, 0.25) is 0 Å². The summed E-state index contributed by atoms with van der Waals surface area (Å²) < 4.78 is 23.3. The predicted molar refractivity (Wildman–Crippen MR) is 65.4 cm³/mol. The van der Waals surface area contributed by atoms with Crippen molar-refractivity contribution in [1.82, 2.24) is 0 Å². The van der Waals surface area contributed by atoms with E-state index in [-0.39, 0.29) is 5.57 Å². The Morgan fingerprint density at radius 2 is 1.74 bits per heavy atom. The fraction of sp³-hybridized carbons (Fsp3) is 0.286. The zero-order valence-corrected chi connectivity index (χ0v) is 10.8. The van der Waals surface area contributed by atoms with E-state index in [1.807, 2.05) is 0 Å². The van der Waals surface area contributed by atoms with Gasteiger partial charge in [-0.3, -0.25) is 0 Å². The smallest absolute Gasteiger partial charge is 0.348 e. The Morgan fingerprint density at radius 1 is 1.16 bits per heavy atom. The first kappa shape index (κ1) is 13.3. The first-order valence-corrected chi connectivity index (χ1v) is 5.74. The summed E-state index contributed by atoms with van der Waals surface area (Å²) in [7, 11) is 0. The zero-order valence-electron chi connectivity index (χ0n) is 10.8. The fourth-order valence-corrected chi connectivity index (χ4v) is 1.71. The molecule has 0 bridgehead atoms. The first-order chi connectivity index (χ1) is 8.80. The van der Waals surface area contributed by atoms with Crippen LogP contribution in [0.15, 0.2) is 23.8 Å². The summed E-state index contributed by atoms with van der Waals surface area (Å²) in [5, 5.41) is 0. The number of benzene rings is 1. The molecule has 0 aliphatic carbocycles. The van der Waals surface area contributed by atoms with Crippen molar-refractivity contribution in [2.24, 2.45) is 0 Å². The van der Waals surface area contributed by atoms with Crippen LogP contribution < -0.4 is 0 Å². The van der Waals surface area contributed by atoms with Crippen molar-refractivity contribution in [1.29, 1.82) is 0 Å². The molecule has 0 radical (unpaired) electrons. The van der Waals surface area contributed by atoms with Crippen molar-refractivity contribution in [3.8, 4) is 0 Å². The van der Waals surface area contributed by atoms with Crippen LogP contribution in [0.4, 0.5) is 4.39 Å². The van der Waals surface area contributed by atoms with E-state index in [1.165, 1.54) is 32.1 Å². The van der Waals surface area contributed by atoms with Gasteiger partial charge in [0.1, 0.15) is 11.4 Å². The SMILES string of the molecule is Cc1c(F)cccc1C=C1C(=O)OC(C)(C)OC1=O. The van der Waals surface area contributed by atoms with Gasteiger partial charge in [-0.25, -0.2) is 14.0 Å². The van der Waals surface area contributed by atoms with Gasteiger partial charge in [-0.15, -0.1) is 0 Å². The number of hydrogen-bond acceptors (Lipinski definition) is 4. The highest BCUT2D eigenvalue weighted by Crippen LogP contribution is 2.25. The summed E-state index contributed by atoms with van der Waals surface area (Å²) in [4.78, 5) is 23.5. The number of carbonyl (C=O) groups is 2. The summed E-state index contributed by atoms with van der Waals surface area (Å²) in [6, 6.07) is 4.40. The number of halogens is 1. The van der Waals surface area contributed by atoms with Crippen LogP contribution in [0, 0.1) is 12.7 Å². The number of rotatable bonds is 1. The number of carbonyl (C=O) groups excluding carboxylic acids is 2. The average molecular weight is 264 g/mol. The maximum Gasteiger partial charge on any atom is 0.348 e. The van der Waals surface area contributed by atoms with Crippen molar-refractivity contribution in [3.05, 3.63) is 40.7 Å². The predicted octanol–water partition coefficient (Wildman–Crippen LogP) is 2.35. The Kier molecular flexibility index (Phi) is 3.14. The monoisotopic (exact) mass is 264 g/mol. The number of ether oxygens (including phenoxy) is 2. The van der Waals surface area contributed by atoms with E-state index in [0.717, 1.165) is 0 Å². The minimum Gasteiger partial charge on any atom is -0.419 e. The highest BCUT2D eigenvalue weighted by Gasteiger charge is 2.38. The van der Waals surface area contributed by atoms with Crippen LogP contribution in [0.1, 0.15) is 25.0 Å². The molecule has 4 nitrogen and oxygen atoms in total. The molecule has 1 saturated heterocycles. The van der Waals surface area contributed by atoms with Crippen molar-refractivity contribution in [2.75, 3.05) is 0 Å². The van der Waals surface area contributed by atoms with E-state index in [0.29, 0.717) is 11.1 Å². The standard InChI is InChI=1S/C14H13FO4/c1-8-9(5-4-6-11(8)15)7-10-12(16)18-14(2,3)19-13(10)17/h4-7H,1-3H3. The molecule has 100 valence electrons. The second-order valence-electron chi connectivity index (χ2n) is 4.69. The van der Waals surface area contributed by atoms with E-state index >= 15 is 0 Å². The van der Waals surface area contributed by atoms with Gasteiger partial charge >= 0.3 is 11.9 Å². The Morgan fingerprint density at radius 3 is 2.32 bits per heavy atom. The molecule has 0 spiro atoms. The van der Waals surface area contributed by atoms with Gasteiger partial charge < -0.3 is 9.47 Å². The molecule has 0 atom stereocenters. The summed E-state index contributed by atoms with van der Waals surface area (Å²) in [6.45, 7) is 4.49. The van der Waals surface area contributed by atoms with E-state index in [1.54, 1.807) is 13.0 Å². The maximum atomic E-state index is 13.4. The van der Waals surface area contributed by atoms with Crippen LogP contribution in [-0.4, -0.2) is 17.7 Å². The number of cyclic esters (lactones) is 2. The van der Waals surface area contributed by atoms with Gasteiger partial charge in [-0.05, 0) is 30.2 Å². The quantitative estimate of drug-likeness (QED) is 0.444. The second kappa shape index (κ2) is 4.50. The summed E-state index contributed by atoms with van der Waals surface area (Å²) in [6.07, 6.45) is 1.28. The first-order valence-electron chi connectivity index (χ1n) is 5.74. The van der Waals surface area contributed by atoms with Crippen LogP contribution in [-0.2, 0) is 19.1 Å². The third kappa shape index (κ3) is 2.65. The molecule has 19 heavy (non-hydrogen) atoms. The Labute approximate surface area is 109 Å². The van der Waals surface area contributed by atoms with Gasteiger partial charge in [0.05, 0.1) is 0 Å². The summed E-state index contributed by atoms with van der Waals surface area (Å²) >= 11 is 0. The molecule has 0 amide bonds. The number of hydrogen-bond donors (Lipinski definition) is 0. The lowest BCUT2D eigenvalue weighted by molar-refractivity contribution is -0.222. The van der Waals surface area contributed by atoms with Gasteiger partial charge in [-0.1, -0.05) is 12.1 Å². The molecule has 5 heteroatoms. The van der Waals surface area contributed by atoms with Gasteiger partial charge in [0.25, 0.3) is 5.79 Å². The van der Waals surface area contributed by atoms with Crippen molar-refractivity contribution in [3.63, 3.8) is 0 Å². The lowest BCUT2D eigenvalue weighted by atomic mass is 10.0. The van der Waals surface area contributed by atoms with Gasteiger partial charge in [0.2, 0.25) is 0 Å². The molecular weight excluding hydrogens is 251 g/mol. The van der Waals surface area contributed by atoms with E-state index in [9.17, 15) is 14.0 Å². The number of esters is 2. The van der Waals surface area contributed by atoms with E-state index < -0.39 is 23.5 Å². The lowest BCUT2D eigenvalue weighted by Gasteiger charge is -2.29. The molecule has 1 fully saturated rings. The van der Waals surface area contributed by atoms with Crippen molar-refractivity contribution in [2.45, 2.75) is 26.6 Å². The van der Waals surface area contributed by atoms with Crippen LogP contribution in [0.25, 0.3) is 6.08 Å². The minimum atomic E-state index is -1.28.